The van der Waals surface area contributed by atoms with E-state index in [1.165, 1.54) is 5.56 Å². The van der Waals surface area contributed by atoms with Crippen LogP contribution in [-0.4, -0.2) is 29.9 Å². The number of hydrogen-bond donors (Lipinski definition) is 1. The highest BCUT2D eigenvalue weighted by atomic mass is 35.5. The minimum absolute atomic E-state index is 0. The summed E-state index contributed by atoms with van der Waals surface area (Å²) < 4.78 is 0. The van der Waals surface area contributed by atoms with E-state index in [1.54, 1.807) is 0 Å². The number of halogens is 1. The van der Waals surface area contributed by atoms with Crippen molar-refractivity contribution in [1.29, 1.82) is 0 Å². The van der Waals surface area contributed by atoms with E-state index in [9.17, 15) is 4.79 Å². The molecule has 3 nitrogen and oxygen atoms in total. The normalized spacial score (nSPS) is 19.7. The van der Waals surface area contributed by atoms with Gasteiger partial charge in [0.05, 0.1) is 6.04 Å². The van der Waals surface area contributed by atoms with Crippen LogP contribution in [0.2, 0.25) is 0 Å². The number of carbonyl (C=O) groups excluding carboxylic acids is 1. The van der Waals surface area contributed by atoms with E-state index in [4.69, 9.17) is 5.73 Å². The minimum Gasteiger partial charge on any atom is -0.341 e. The Bertz CT molecular complexity index is 342. The maximum absolute atomic E-state index is 11.5. The summed E-state index contributed by atoms with van der Waals surface area (Å²) in [5, 5.41) is 0. The Kier molecular flexibility index (Phi) is 4.77. The van der Waals surface area contributed by atoms with E-state index in [2.05, 4.69) is 12.1 Å². The summed E-state index contributed by atoms with van der Waals surface area (Å²) >= 11 is 0. The van der Waals surface area contributed by atoms with E-state index in [0.29, 0.717) is 0 Å². The molecule has 1 aromatic carbocycles. The summed E-state index contributed by atoms with van der Waals surface area (Å²) in [7, 11) is 0. The summed E-state index contributed by atoms with van der Waals surface area (Å²) in [6.07, 6.45) is 1.72. The van der Waals surface area contributed by atoms with Gasteiger partial charge in [0.25, 0.3) is 0 Å². The Morgan fingerprint density at radius 2 is 2.00 bits per heavy atom. The van der Waals surface area contributed by atoms with Gasteiger partial charge in [0.1, 0.15) is 0 Å². The number of nitrogens with two attached hydrogens (primary N) is 1. The van der Waals surface area contributed by atoms with Crippen LogP contribution in [0.25, 0.3) is 0 Å². The zero-order valence-electron chi connectivity index (χ0n) is 9.13. The Morgan fingerprint density at radius 1 is 1.31 bits per heavy atom. The number of carbonyl (C=O) groups is 1. The van der Waals surface area contributed by atoms with Crippen LogP contribution in [0.5, 0.6) is 0 Å². The summed E-state index contributed by atoms with van der Waals surface area (Å²) in [6, 6.07) is 9.95. The van der Waals surface area contributed by atoms with Crippen LogP contribution in [0.1, 0.15) is 12.0 Å². The SMILES string of the molecule is Cl.N[C@H]1CCN(CCc2ccccc2)C1=O. The van der Waals surface area contributed by atoms with Crippen LogP contribution in [0, 0.1) is 0 Å². The van der Waals surface area contributed by atoms with Crippen molar-refractivity contribution in [2.24, 2.45) is 5.73 Å². The van der Waals surface area contributed by atoms with E-state index in [1.807, 2.05) is 23.1 Å². The molecular weight excluding hydrogens is 224 g/mol. The minimum atomic E-state index is -0.263. The van der Waals surface area contributed by atoms with Gasteiger partial charge in [-0.15, -0.1) is 12.4 Å². The van der Waals surface area contributed by atoms with Gasteiger partial charge in [-0.05, 0) is 18.4 Å². The third kappa shape index (κ3) is 2.97. The first kappa shape index (κ1) is 13.0. The molecule has 1 aliphatic rings. The smallest absolute Gasteiger partial charge is 0.239 e. The standard InChI is InChI=1S/C12H16N2O.ClH/c13-11-7-9-14(12(11)15)8-6-10-4-2-1-3-5-10;/h1-5,11H,6-9,13H2;1H/t11-;/m0./s1. The first-order valence-corrected chi connectivity index (χ1v) is 5.35. The van der Waals surface area contributed by atoms with Crippen molar-refractivity contribution < 1.29 is 4.79 Å². The maximum Gasteiger partial charge on any atom is 0.239 e. The summed E-state index contributed by atoms with van der Waals surface area (Å²) in [6.45, 7) is 1.60. The Morgan fingerprint density at radius 3 is 2.56 bits per heavy atom. The highest BCUT2D eigenvalue weighted by Gasteiger charge is 2.27. The van der Waals surface area contributed by atoms with Gasteiger partial charge in [-0.25, -0.2) is 0 Å². The van der Waals surface area contributed by atoms with E-state index < -0.39 is 0 Å². The molecule has 1 heterocycles. The van der Waals surface area contributed by atoms with E-state index >= 15 is 0 Å². The molecule has 0 saturated carbocycles. The molecule has 1 fully saturated rings. The van der Waals surface area contributed by atoms with Gasteiger partial charge in [0, 0.05) is 13.1 Å². The molecule has 0 bridgehead atoms. The Hall–Kier alpha value is -1.06. The van der Waals surface area contributed by atoms with E-state index in [-0.39, 0.29) is 24.4 Å². The molecule has 1 saturated heterocycles. The average molecular weight is 241 g/mol. The quantitative estimate of drug-likeness (QED) is 0.864. The second kappa shape index (κ2) is 5.87. The molecule has 1 atom stereocenters. The molecule has 16 heavy (non-hydrogen) atoms. The zero-order valence-corrected chi connectivity index (χ0v) is 9.95. The van der Waals surface area contributed by atoms with E-state index in [0.717, 1.165) is 25.9 Å². The fourth-order valence-corrected chi connectivity index (χ4v) is 1.89. The third-order valence-corrected chi connectivity index (χ3v) is 2.85. The molecule has 0 radical (unpaired) electrons. The lowest BCUT2D eigenvalue weighted by Gasteiger charge is -2.15. The molecule has 2 rings (SSSR count). The third-order valence-electron chi connectivity index (χ3n) is 2.85. The molecule has 1 aliphatic heterocycles. The van der Waals surface area contributed by atoms with Crippen LogP contribution in [0.4, 0.5) is 0 Å². The van der Waals surface area contributed by atoms with Crippen LogP contribution >= 0.6 is 12.4 Å². The van der Waals surface area contributed by atoms with Gasteiger partial charge >= 0.3 is 0 Å². The number of benzene rings is 1. The van der Waals surface area contributed by atoms with Crippen molar-refractivity contribution in [1.82, 2.24) is 4.90 Å². The number of amides is 1. The lowest BCUT2D eigenvalue weighted by atomic mass is 10.1. The number of nitrogens with zero attached hydrogens (tertiary/aromatic N) is 1. The molecular formula is C12H17ClN2O. The first-order chi connectivity index (χ1) is 7.27. The maximum atomic E-state index is 11.5. The predicted molar refractivity (Wildman–Crippen MR) is 66.6 cm³/mol. The Balaban J connectivity index is 0.00000128. The summed E-state index contributed by atoms with van der Waals surface area (Å²) in [5.74, 6) is 0.103. The molecule has 0 unspecified atom stereocenters. The van der Waals surface area contributed by atoms with Crippen molar-refractivity contribution in [2.75, 3.05) is 13.1 Å². The second-order valence-corrected chi connectivity index (χ2v) is 3.96. The molecule has 0 spiro atoms. The molecule has 2 N–H and O–H groups in total. The van der Waals surface area contributed by atoms with Gasteiger partial charge in [0.2, 0.25) is 5.91 Å². The van der Waals surface area contributed by atoms with Crippen molar-refractivity contribution in [3.63, 3.8) is 0 Å². The predicted octanol–water partition coefficient (Wildman–Crippen LogP) is 1.21. The lowest BCUT2D eigenvalue weighted by Crippen LogP contribution is -2.35. The Labute approximate surface area is 102 Å². The van der Waals surface area contributed by atoms with Crippen LogP contribution in [-0.2, 0) is 11.2 Å². The van der Waals surface area contributed by atoms with Crippen molar-refractivity contribution in [3.05, 3.63) is 35.9 Å². The van der Waals surface area contributed by atoms with Crippen LogP contribution < -0.4 is 5.73 Å². The number of hydrogen-bond acceptors (Lipinski definition) is 2. The zero-order chi connectivity index (χ0) is 10.7. The molecule has 0 aromatic heterocycles. The van der Waals surface area contributed by atoms with Gasteiger partial charge in [0.15, 0.2) is 0 Å². The molecule has 88 valence electrons. The fraction of sp³-hybridized carbons (Fsp3) is 0.417. The summed E-state index contributed by atoms with van der Waals surface area (Å²) in [4.78, 5) is 13.4. The van der Waals surface area contributed by atoms with Crippen molar-refractivity contribution >= 4 is 18.3 Å². The fourth-order valence-electron chi connectivity index (χ4n) is 1.89. The van der Waals surface area contributed by atoms with Crippen LogP contribution in [0.15, 0.2) is 30.3 Å². The largest absolute Gasteiger partial charge is 0.341 e. The van der Waals surface area contributed by atoms with Gasteiger partial charge in [-0.2, -0.15) is 0 Å². The second-order valence-electron chi connectivity index (χ2n) is 3.96. The molecule has 1 aromatic rings. The van der Waals surface area contributed by atoms with Gasteiger partial charge < -0.3 is 10.6 Å². The molecule has 0 aliphatic carbocycles. The molecule has 4 heteroatoms. The highest BCUT2D eigenvalue weighted by molar-refractivity contribution is 5.85. The van der Waals surface area contributed by atoms with Gasteiger partial charge in [-0.1, -0.05) is 30.3 Å². The summed E-state index contributed by atoms with van der Waals surface area (Å²) in [5.41, 5.74) is 6.92. The number of likely N-dealkylation sites (tertiary alicyclic amines) is 1. The first-order valence-electron chi connectivity index (χ1n) is 5.35. The highest BCUT2D eigenvalue weighted by Crippen LogP contribution is 2.10. The van der Waals surface area contributed by atoms with Gasteiger partial charge in [-0.3, -0.25) is 4.79 Å². The monoisotopic (exact) mass is 240 g/mol. The topological polar surface area (TPSA) is 46.3 Å². The average Bonchev–Trinajstić information content (AvgIpc) is 2.59. The van der Waals surface area contributed by atoms with Crippen molar-refractivity contribution in [3.8, 4) is 0 Å². The van der Waals surface area contributed by atoms with Crippen LogP contribution in [0.3, 0.4) is 0 Å². The molecule has 1 amide bonds. The number of rotatable bonds is 3. The van der Waals surface area contributed by atoms with Crippen molar-refractivity contribution in [2.45, 2.75) is 18.9 Å². The lowest BCUT2D eigenvalue weighted by molar-refractivity contribution is -0.128.